The Balaban J connectivity index is 4.62. The molecule has 1 amide bonds. The molecule has 112 valence electrons. The molecule has 19 heavy (non-hydrogen) atoms. The fraction of sp³-hybridized carbons (Fsp3) is 0.857. The predicted molar refractivity (Wildman–Crippen MR) is 75.6 cm³/mol. The van der Waals surface area contributed by atoms with Crippen LogP contribution in [0.25, 0.3) is 0 Å². The standard InChI is InChI=1S/C14H28N2O3/c1-7-13(18)15(5)9-14(19)16(6)12(11(4)17)8-10(2)3/h10,12,14,19H,7-9H2,1-6H3. The van der Waals surface area contributed by atoms with Gasteiger partial charge in [0.2, 0.25) is 5.91 Å². The Hall–Kier alpha value is -0.940. The number of ketones is 1. The highest BCUT2D eigenvalue weighted by molar-refractivity contribution is 5.81. The number of carbonyl (C=O) groups excluding carboxylic acids is 2. The average molecular weight is 272 g/mol. The van der Waals surface area contributed by atoms with Crippen LogP contribution < -0.4 is 0 Å². The monoisotopic (exact) mass is 272 g/mol. The molecule has 0 aromatic heterocycles. The van der Waals surface area contributed by atoms with E-state index in [1.807, 2.05) is 13.8 Å². The van der Waals surface area contributed by atoms with Crippen LogP contribution in [0, 0.1) is 5.92 Å². The Bertz CT molecular complexity index is 305. The number of carbonyl (C=O) groups is 2. The molecule has 0 aromatic carbocycles. The minimum absolute atomic E-state index is 0.0179. The Morgan fingerprint density at radius 2 is 1.74 bits per heavy atom. The molecule has 2 unspecified atom stereocenters. The number of likely N-dealkylation sites (N-methyl/N-ethyl adjacent to an activating group) is 2. The highest BCUT2D eigenvalue weighted by Crippen LogP contribution is 2.13. The van der Waals surface area contributed by atoms with Crippen LogP contribution in [0.2, 0.25) is 0 Å². The highest BCUT2D eigenvalue weighted by atomic mass is 16.3. The topological polar surface area (TPSA) is 60.9 Å². The van der Waals surface area contributed by atoms with Gasteiger partial charge < -0.3 is 10.0 Å². The van der Waals surface area contributed by atoms with Crippen LogP contribution in [0.1, 0.15) is 40.5 Å². The summed E-state index contributed by atoms with van der Waals surface area (Å²) in [5.41, 5.74) is 0. The molecule has 0 aliphatic carbocycles. The maximum Gasteiger partial charge on any atom is 0.222 e. The van der Waals surface area contributed by atoms with Crippen LogP contribution in [0.4, 0.5) is 0 Å². The summed E-state index contributed by atoms with van der Waals surface area (Å²) in [6.07, 6.45) is 0.289. The van der Waals surface area contributed by atoms with Gasteiger partial charge in [0.15, 0.2) is 0 Å². The number of amides is 1. The Morgan fingerprint density at radius 1 is 1.21 bits per heavy atom. The molecular formula is C14H28N2O3. The molecule has 0 saturated carbocycles. The number of nitrogens with zero attached hydrogens (tertiary/aromatic N) is 2. The van der Waals surface area contributed by atoms with Crippen molar-refractivity contribution in [2.45, 2.75) is 52.8 Å². The van der Waals surface area contributed by atoms with E-state index in [0.717, 1.165) is 0 Å². The first-order valence-corrected chi connectivity index (χ1v) is 6.85. The fourth-order valence-corrected chi connectivity index (χ4v) is 2.02. The SMILES string of the molecule is CCC(=O)N(C)CC(O)N(C)C(CC(C)C)C(C)=O. The zero-order chi connectivity index (χ0) is 15.2. The maximum atomic E-state index is 11.7. The Morgan fingerprint density at radius 3 is 2.11 bits per heavy atom. The molecule has 2 atom stereocenters. The quantitative estimate of drug-likeness (QED) is 0.672. The van der Waals surface area contributed by atoms with E-state index in [1.54, 1.807) is 25.9 Å². The van der Waals surface area contributed by atoms with Gasteiger partial charge in [-0.1, -0.05) is 20.8 Å². The molecule has 0 aliphatic heterocycles. The normalized spacial score (nSPS) is 14.6. The summed E-state index contributed by atoms with van der Waals surface area (Å²) in [5, 5.41) is 10.1. The molecule has 0 radical (unpaired) electrons. The summed E-state index contributed by atoms with van der Waals surface area (Å²) in [4.78, 5) is 26.3. The second kappa shape index (κ2) is 8.27. The van der Waals surface area contributed by atoms with Crippen LogP contribution in [-0.4, -0.2) is 59.5 Å². The average Bonchev–Trinajstić information content (AvgIpc) is 2.33. The fourth-order valence-electron chi connectivity index (χ4n) is 2.02. The number of hydrogen-bond donors (Lipinski definition) is 1. The maximum absolute atomic E-state index is 11.7. The van der Waals surface area contributed by atoms with Gasteiger partial charge in [0.25, 0.3) is 0 Å². The third-order valence-corrected chi connectivity index (χ3v) is 3.29. The molecule has 5 nitrogen and oxygen atoms in total. The van der Waals surface area contributed by atoms with Crippen LogP contribution in [-0.2, 0) is 9.59 Å². The smallest absolute Gasteiger partial charge is 0.222 e. The van der Waals surface area contributed by atoms with Crippen molar-refractivity contribution in [3.63, 3.8) is 0 Å². The number of aliphatic hydroxyl groups excluding tert-OH is 1. The number of rotatable bonds is 8. The molecule has 1 N–H and O–H groups in total. The first-order valence-electron chi connectivity index (χ1n) is 6.85. The minimum Gasteiger partial charge on any atom is -0.376 e. The van der Waals surface area contributed by atoms with E-state index in [0.29, 0.717) is 18.8 Å². The van der Waals surface area contributed by atoms with E-state index in [-0.39, 0.29) is 24.3 Å². The van der Waals surface area contributed by atoms with E-state index in [2.05, 4.69) is 0 Å². The van der Waals surface area contributed by atoms with Gasteiger partial charge in [0.05, 0.1) is 12.6 Å². The van der Waals surface area contributed by atoms with E-state index < -0.39 is 6.23 Å². The third-order valence-electron chi connectivity index (χ3n) is 3.29. The van der Waals surface area contributed by atoms with Gasteiger partial charge in [-0.3, -0.25) is 14.5 Å². The van der Waals surface area contributed by atoms with Crippen LogP contribution in [0.5, 0.6) is 0 Å². The van der Waals surface area contributed by atoms with Gasteiger partial charge in [-0.15, -0.1) is 0 Å². The van der Waals surface area contributed by atoms with Crippen LogP contribution >= 0.6 is 0 Å². The highest BCUT2D eigenvalue weighted by Gasteiger charge is 2.26. The van der Waals surface area contributed by atoms with Crippen molar-refractivity contribution in [1.82, 2.24) is 9.80 Å². The molecule has 0 rings (SSSR count). The summed E-state index contributed by atoms with van der Waals surface area (Å²) >= 11 is 0. The van der Waals surface area contributed by atoms with E-state index >= 15 is 0 Å². The molecular weight excluding hydrogens is 244 g/mol. The van der Waals surface area contributed by atoms with E-state index in [9.17, 15) is 14.7 Å². The van der Waals surface area contributed by atoms with Gasteiger partial charge in [-0.2, -0.15) is 0 Å². The summed E-state index contributed by atoms with van der Waals surface area (Å²) in [6.45, 7) is 7.63. The number of aliphatic hydroxyl groups is 1. The lowest BCUT2D eigenvalue weighted by Crippen LogP contribution is -2.49. The van der Waals surface area contributed by atoms with Crippen molar-refractivity contribution in [3.8, 4) is 0 Å². The second-order valence-electron chi connectivity index (χ2n) is 5.53. The van der Waals surface area contributed by atoms with E-state index in [1.165, 1.54) is 11.8 Å². The Labute approximate surface area is 116 Å². The van der Waals surface area contributed by atoms with Crippen molar-refractivity contribution < 1.29 is 14.7 Å². The molecule has 0 aromatic rings. The molecule has 0 bridgehead atoms. The molecule has 0 aliphatic rings. The predicted octanol–water partition coefficient (Wildman–Crippen LogP) is 1.11. The molecule has 0 fully saturated rings. The number of hydrogen-bond acceptors (Lipinski definition) is 4. The zero-order valence-corrected chi connectivity index (χ0v) is 13.0. The van der Waals surface area contributed by atoms with Crippen molar-refractivity contribution in [2.24, 2.45) is 5.92 Å². The first kappa shape index (κ1) is 18.1. The zero-order valence-electron chi connectivity index (χ0n) is 13.0. The van der Waals surface area contributed by atoms with Gasteiger partial charge in [-0.25, -0.2) is 0 Å². The summed E-state index contributed by atoms with van der Waals surface area (Å²) in [6, 6.07) is -0.305. The van der Waals surface area contributed by atoms with E-state index in [4.69, 9.17) is 0 Å². The van der Waals surface area contributed by atoms with Crippen molar-refractivity contribution in [3.05, 3.63) is 0 Å². The molecule has 0 saturated heterocycles. The third kappa shape index (κ3) is 6.16. The summed E-state index contributed by atoms with van der Waals surface area (Å²) < 4.78 is 0. The lowest BCUT2D eigenvalue weighted by Gasteiger charge is -2.33. The van der Waals surface area contributed by atoms with Gasteiger partial charge in [0, 0.05) is 13.5 Å². The minimum atomic E-state index is -0.826. The summed E-state index contributed by atoms with van der Waals surface area (Å²) in [5.74, 6) is 0.397. The van der Waals surface area contributed by atoms with Crippen LogP contribution in [0.15, 0.2) is 0 Å². The van der Waals surface area contributed by atoms with Crippen LogP contribution in [0.3, 0.4) is 0 Å². The Kier molecular flexibility index (Phi) is 7.87. The van der Waals surface area contributed by atoms with Crippen molar-refractivity contribution in [1.29, 1.82) is 0 Å². The second-order valence-corrected chi connectivity index (χ2v) is 5.53. The molecule has 0 spiro atoms. The van der Waals surface area contributed by atoms with Gasteiger partial charge >= 0.3 is 0 Å². The first-order chi connectivity index (χ1) is 8.70. The largest absolute Gasteiger partial charge is 0.376 e. The van der Waals surface area contributed by atoms with Gasteiger partial charge in [0.1, 0.15) is 12.0 Å². The summed E-state index contributed by atoms with van der Waals surface area (Å²) in [7, 11) is 3.39. The molecule has 5 heteroatoms. The molecule has 0 heterocycles. The lowest BCUT2D eigenvalue weighted by molar-refractivity contribution is -0.135. The van der Waals surface area contributed by atoms with Crippen molar-refractivity contribution >= 4 is 11.7 Å². The lowest BCUT2D eigenvalue weighted by atomic mass is 9.99. The van der Waals surface area contributed by atoms with Gasteiger partial charge in [-0.05, 0) is 26.3 Å². The number of Topliss-reactive ketones (excluding diaryl/α,β-unsaturated/α-hetero) is 1. The van der Waals surface area contributed by atoms with Crippen molar-refractivity contribution in [2.75, 3.05) is 20.6 Å².